The lowest BCUT2D eigenvalue weighted by atomic mass is 9.95. The van der Waals surface area contributed by atoms with Gasteiger partial charge < -0.3 is 5.32 Å². The number of nitrogens with one attached hydrogen (secondary N) is 1. The molecule has 0 spiro atoms. The Kier molecular flexibility index (Phi) is 3.90. The third-order valence-corrected chi connectivity index (χ3v) is 4.25. The van der Waals surface area contributed by atoms with Crippen molar-refractivity contribution in [1.29, 1.82) is 0 Å². The van der Waals surface area contributed by atoms with Gasteiger partial charge in [0.25, 0.3) is 5.56 Å². The number of rotatable bonds is 3. The average molecular weight is 286 g/mol. The fraction of sp³-hybridized carbons (Fsp3) is 0.562. The lowest BCUT2D eigenvalue weighted by molar-refractivity contribution is 0.353. The fourth-order valence-corrected chi connectivity index (χ4v) is 3.21. The number of hydrogen-bond donors (Lipinski definition) is 1. The van der Waals surface area contributed by atoms with Crippen molar-refractivity contribution in [3.8, 4) is 0 Å². The molecule has 0 atom stereocenters. The van der Waals surface area contributed by atoms with E-state index in [4.69, 9.17) is 0 Å². The van der Waals surface area contributed by atoms with E-state index in [1.165, 1.54) is 19.3 Å². The predicted molar refractivity (Wildman–Crippen MR) is 84.8 cm³/mol. The first-order valence-electron chi connectivity index (χ1n) is 7.84. The highest BCUT2D eigenvalue weighted by Gasteiger charge is 2.20. The Morgan fingerprint density at radius 2 is 2.00 bits per heavy atom. The molecule has 0 radical (unpaired) electrons. The third kappa shape index (κ3) is 2.64. The van der Waals surface area contributed by atoms with Crippen molar-refractivity contribution >= 4 is 17.0 Å². The van der Waals surface area contributed by atoms with Crippen LogP contribution >= 0.6 is 0 Å². The standard InChI is InChI=1S/C16H22N4O/c1-3-17-16-18-11(2)13-9-10-14(21)20(15(13)19-16)12-7-5-4-6-8-12/h9-10,12H,3-8H2,1-2H3,(H,17,18,19). The van der Waals surface area contributed by atoms with E-state index in [1.54, 1.807) is 6.07 Å². The second-order valence-corrected chi connectivity index (χ2v) is 5.73. The normalized spacial score (nSPS) is 16.3. The van der Waals surface area contributed by atoms with E-state index in [9.17, 15) is 4.79 Å². The first-order valence-corrected chi connectivity index (χ1v) is 7.84. The molecule has 0 amide bonds. The predicted octanol–water partition coefficient (Wildman–Crippen LogP) is 3.04. The van der Waals surface area contributed by atoms with Crippen molar-refractivity contribution in [3.63, 3.8) is 0 Å². The number of aromatic nitrogens is 3. The number of aryl methyl sites for hydroxylation is 1. The van der Waals surface area contributed by atoms with E-state index in [1.807, 2.05) is 24.5 Å². The zero-order chi connectivity index (χ0) is 14.8. The van der Waals surface area contributed by atoms with Gasteiger partial charge in [-0.05, 0) is 32.8 Å². The monoisotopic (exact) mass is 286 g/mol. The van der Waals surface area contributed by atoms with Crippen molar-refractivity contribution in [2.24, 2.45) is 0 Å². The second kappa shape index (κ2) is 5.84. The number of hydrogen-bond acceptors (Lipinski definition) is 4. The van der Waals surface area contributed by atoms with E-state index in [2.05, 4.69) is 15.3 Å². The van der Waals surface area contributed by atoms with E-state index >= 15 is 0 Å². The lowest BCUT2D eigenvalue weighted by Crippen LogP contribution is -2.27. The minimum absolute atomic E-state index is 0.0509. The van der Waals surface area contributed by atoms with Crippen LogP contribution in [0.4, 0.5) is 5.95 Å². The van der Waals surface area contributed by atoms with Crippen molar-refractivity contribution in [2.75, 3.05) is 11.9 Å². The van der Waals surface area contributed by atoms with Gasteiger partial charge in [0.05, 0.1) is 5.69 Å². The van der Waals surface area contributed by atoms with E-state index in [-0.39, 0.29) is 11.6 Å². The van der Waals surface area contributed by atoms with Gasteiger partial charge in [-0.2, -0.15) is 4.98 Å². The SMILES string of the molecule is CCNc1nc(C)c2ccc(=O)n(C3CCCCC3)c2n1. The Morgan fingerprint density at radius 3 is 2.71 bits per heavy atom. The Hall–Kier alpha value is -1.91. The highest BCUT2D eigenvalue weighted by Crippen LogP contribution is 2.29. The molecular weight excluding hydrogens is 264 g/mol. The molecule has 5 heteroatoms. The Balaban J connectivity index is 2.20. The van der Waals surface area contributed by atoms with Crippen molar-refractivity contribution < 1.29 is 0 Å². The largest absolute Gasteiger partial charge is 0.354 e. The number of nitrogens with zero attached hydrogens (tertiary/aromatic N) is 3. The van der Waals surface area contributed by atoms with E-state index in [0.29, 0.717) is 5.95 Å². The first-order chi connectivity index (χ1) is 10.2. The molecule has 2 heterocycles. The molecule has 0 bridgehead atoms. The Morgan fingerprint density at radius 1 is 1.24 bits per heavy atom. The number of pyridine rings is 1. The first kappa shape index (κ1) is 14.0. The summed E-state index contributed by atoms with van der Waals surface area (Å²) in [6, 6.07) is 3.78. The molecule has 1 aliphatic rings. The van der Waals surface area contributed by atoms with Gasteiger partial charge in [-0.3, -0.25) is 9.36 Å². The van der Waals surface area contributed by atoms with Gasteiger partial charge in [-0.15, -0.1) is 0 Å². The fourth-order valence-electron chi connectivity index (χ4n) is 3.21. The summed E-state index contributed by atoms with van der Waals surface area (Å²) in [6.45, 7) is 4.76. The minimum atomic E-state index is 0.0509. The molecule has 0 aliphatic heterocycles. The highest BCUT2D eigenvalue weighted by atomic mass is 16.1. The minimum Gasteiger partial charge on any atom is -0.354 e. The molecule has 2 aromatic rings. The molecule has 2 aromatic heterocycles. The summed E-state index contributed by atoms with van der Waals surface area (Å²) in [5, 5.41) is 4.13. The van der Waals surface area contributed by atoms with Gasteiger partial charge in [0.15, 0.2) is 0 Å². The maximum Gasteiger partial charge on any atom is 0.252 e. The van der Waals surface area contributed by atoms with Crippen LogP contribution in [0.25, 0.3) is 11.0 Å². The molecule has 112 valence electrons. The highest BCUT2D eigenvalue weighted by molar-refractivity contribution is 5.78. The molecule has 0 saturated heterocycles. The summed E-state index contributed by atoms with van der Waals surface area (Å²) in [4.78, 5) is 21.5. The quantitative estimate of drug-likeness (QED) is 0.942. The summed E-state index contributed by atoms with van der Waals surface area (Å²) in [5.74, 6) is 0.609. The zero-order valence-electron chi connectivity index (χ0n) is 12.7. The summed E-state index contributed by atoms with van der Waals surface area (Å²) in [6.07, 6.45) is 5.79. The van der Waals surface area contributed by atoms with Crippen LogP contribution in [0.1, 0.15) is 50.8 Å². The third-order valence-electron chi connectivity index (χ3n) is 4.25. The summed E-state index contributed by atoms with van der Waals surface area (Å²) in [5.41, 5.74) is 1.74. The molecule has 1 aliphatic carbocycles. The van der Waals surface area contributed by atoms with Crippen LogP contribution < -0.4 is 10.9 Å². The molecule has 3 rings (SSSR count). The smallest absolute Gasteiger partial charge is 0.252 e. The van der Waals surface area contributed by atoms with Gasteiger partial charge >= 0.3 is 0 Å². The molecule has 1 N–H and O–H groups in total. The molecular formula is C16H22N4O. The average Bonchev–Trinajstić information content (AvgIpc) is 2.48. The van der Waals surface area contributed by atoms with Crippen molar-refractivity contribution in [3.05, 3.63) is 28.2 Å². The summed E-state index contributed by atoms with van der Waals surface area (Å²) < 4.78 is 1.89. The Bertz CT molecular complexity index is 701. The lowest BCUT2D eigenvalue weighted by Gasteiger charge is -2.25. The van der Waals surface area contributed by atoms with Crippen molar-refractivity contribution in [1.82, 2.24) is 14.5 Å². The molecule has 1 fully saturated rings. The maximum atomic E-state index is 12.4. The van der Waals surface area contributed by atoms with Crippen LogP contribution in [0.5, 0.6) is 0 Å². The van der Waals surface area contributed by atoms with Gasteiger partial charge in [-0.1, -0.05) is 19.3 Å². The number of anilines is 1. The summed E-state index contributed by atoms with van der Waals surface area (Å²) >= 11 is 0. The van der Waals surface area contributed by atoms with Crippen LogP contribution in [0.15, 0.2) is 16.9 Å². The van der Waals surface area contributed by atoms with Crippen LogP contribution in [-0.2, 0) is 0 Å². The molecule has 5 nitrogen and oxygen atoms in total. The molecule has 1 saturated carbocycles. The van der Waals surface area contributed by atoms with Crippen LogP contribution in [0, 0.1) is 6.92 Å². The van der Waals surface area contributed by atoms with Gasteiger partial charge in [-0.25, -0.2) is 4.98 Å². The van der Waals surface area contributed by atoms with Crippen molar-refractivity contribution in [2.45, 2.75) is 52.0 Å². The van der Waals surface area contributed by atoms with Crippen LogP contribution in [0.3, 0.4) is 0 Å². The molecule has 0 aromatic carbocycles. The van der Waals surface area contributed by atoms with Gasteiger partial charge in [0, 0.05) is 24.0 Å². The summed E-state index contributed by atoms with van der Waals surface area (Å²) in [7, 11) is 0. The van der Waals surface area contributed by atoms with E-state index in [0.717, 1.165) is 36.1 Å². The zero-order valence-corrected chi connectivity index (χ0v) is 12.7. The molecule has 21 heavy (non-hydrogen) atoms. The van der Waals surface area contributed by atoms with E-state index < -0.39 is 0 Å². The molecule has 0 unspecified atom stereocenters. The Labute approximate surface area is 124 Å². The topological polar surface area (TPSA) is 59.8 Å². The van der Waals surface area contributed by atoms with Crippen LogP contribution in [0.2, 0.25) is 0 Å². The van der Waals surface area contributed by atoms with Crippen LogP contribution in [-0.4, -0.2) is 21.1 Å². The second-order valence-electron chi connectivity index (χ2n) is 5.73. The maximum absolute atomic E-state index is 12.4. The number of fused-ring (bicyclic) bond motifs is 1. The van der Waals surface area contributed by atoms with Gasteiger partial charge in [0.2, 0.25) is 5.95 Å². The van der Waals surface area contributed by atoms with Gasteiger partial charge in [0.1, 0.15) is 5.65 Å².